The molecule has 19 heavy (non-hydrogen) atoms. The first-order chi connectivity index (χ1) is 9.38. The van der Waals surface area contributed by atoms with Gasteiger partial charge in [0.25, 0.3) is 0 Å². The van der Waals surface area contributed by atoms with E-state index in [-0.39, 0.29) is 0 Å². The van der Waals surface area contributed by atoms with Crippen molar-refractivity contribution >= 4 is 11.4 Å². The fraction of sp³-hybridized carbons (Fsp3) is 0.333. The predicted octanol–water partition coefficient (Wildman–Crippen LogP) is 5.55. The molecular weight excluding hydrogens is 230 g/mol. The summed E-state index contributed by atoms with van der Waals surface area (Å²) in [6, 6.07) is 19.1. The van der Waals surface area contributed by atoms with Crippen molar-refractivity contribution in [2.75, 3.05) is 5.32 Å². The standard InChI is InChI=1S/C18H23N/c1-2-3-4-6-10-16-11-9-14-18(15-16)19-17-12-7-5-8-13-17/h5,7-9,11-15,19H,2-4,6,10H2,1H3. The Kier molecular flexibility index (Phi) is 5.49. The Labute approximate surface area is 116 Å². The maximum absolute atomic E-state index is 3.45. The Morgan fingerprint density at radius 2 is 1.58 bits per heavy atom. The average molecular weight is 253 g/mol. The number of anilines is 2. The number of aryl methyl sites for hydroxylation is 1. The number of unbranched alkanes of at least 4 members (excludes halogenated alkanes) is 3. The van der Waals surface area contributed by atoms with Gasteiger partial charge < -0.3 is 5.32 Å². The summed E-state index contributed by atoms with van der Waals surface area (Å²) < 4.78 is 0. The van der Waals surface area contributed by atoms with E-state index in [4.69, 9.17) is 0 Å². The van der Waals surface area contributed by atoms with Gasteiger partial charge in [-0.1, -0.05) is 56.5 Å². The van der Waals surface area contributed by atoms with Crippen LogP contribution >= 0.6 is 0 Å². The van der Waals surface area contributed by atoms with Crippen LogP contribution in [0, 0.1) is 0 Å². The van der Waals surface area contributed by atoms with Crippen molar-refractivity contribution in [3.05, 3.63) is 60.2 Å². The van der Waals surface area contributed by atoms with E-state index in [1.54, 1.807) is 0 Å². The normalized spacial score (nSPS) is 10.4. The lowest BCUT2D eigenvalue weighted by molar-refractivity contribution is 0.667. The second-order valence-electron chi connectivity index (χ2n) is 5.00. The molecule has 1 nitrogen and oxygen atoms in total. The maximum Gasteiger partial charge on any atom is 0.0386 e. The minimum absolute atomic E-state index is 1.14. The van der Waals surface area contributed by atoms with Gasteiger partial charge in [0.15, 0.2) is 0 Å². The van der Waals surface area contributed by atoms with Gasteiger partial charge in [-0.2, -0.15) is 0 Å². The summed E-state index contributed by atoms with van der Waals surface area (Å²) in [4.78, 5) is 0. The molecule has 0 saturated heterocycles. The van der Waals surface area contributed by atoms with Crippen LogP contribution in [-0.2, 0) is 6.42 Å². The van der Waals surface area contributed by atoms with E-state index in [0.29, 0.717) is 0 Å². The second kappa shape index (κ2) is 7.63. The third kappa shape index (κ3) is 4.78. The lowest BCUT2D eigenvalue weighted by Crippen LogP contribution is -1.92. The van der Waals surface area contributed by atoms with Crippen LogP contribution in [0.2, 0.25) is 0 Å². The number of hydrogen-bond donors (Lipinski definition) is 1. The summed E-state index contributed by atoms with van der Waals surface area (Å²) in [6.07, 6.45) is 6.47. The molecule has 100 valence electrons. The van der Waals surface area contributed by atoms with Crippen LogP contribution in [0.5, 0.6) is 0 Å². The summed E-state index contributed by atoms with van der Waals surface area (Å²) in [5.74, 6) is 0. The van der Waals surface area contributed by atoms with Crippen molar-refractivity contribution in [2.45, 2.75) is 39.0 Å². The zero-order valence-electron chi connectivity index (χ0n) is 11.7. The molecule has 0 aliphatic heterocycles. The van der Waals surface area contributed by atoms with Crippen LogP contribution in [0.4, 0.5) is 11.4 Å². The quantitative estimate of drug-likeness (QED) is 0.638. The van der Waals surface area contributed by atoms with Crippen LogP contribution < -0.4 is 5.32 Å². The van der Waals surface area contributed by atoms with Crippen molar-refractivity contribution in [1.29, 1.82) is 0 Å². The minimum atomic E-state index is 1.14. The van der Waals surface area contributed by atoms with Gasteiger partial charge in [-0.15, -0.1) is 0 Å². The molecule has 0 amide bonds. The molecule has 0 heterocycles. The Bertz CT molecular complexity index is 476. The molecule has 0 bridgehead atoms. The molecule has 1 heteroatoms. The molecule has 2 rings (SSSR count). The Hall–Kier alpha value is -1.76. The van der Waals surface area contributed by atoms with Crippen LogP contribution in [0.3, 0.4) is 0 Å². The summed E-state index contributed by atoms with van der Waals surface area (Å²) in [7, 11) is 0. The van der Waals surface area contributed by atoms with Crippen LogP contribution in [0.1, 0.15) is 38.2 Å². The number of benzene rings is 2. The first-order valence-electron chi connectivity index (χ1n) is 7.29. The van der Waals surface area contributed by atoms with Gasteiger partial charge in [-0.3, -0.25) is 0 Å². The summed E-state index contributed by atoms with van der Waals surface area (Å²) >= 11 is 0. The van der Waals surface area contributed by atoms with Gasteiger partial charge in [0.05, 0.1) is 0 Å². The molecule has 1 N–H and O–H groups in total. The molecule has 0 saturated carbocycles. The van der Waals surface area contributed by atoms with Gasteiger partial charge in [-0.05, 0) is 42.7 Å². The summed E-state index contributed by atoms with van der Waals surface area (Å²) in [5.41, 5.74) is 3.75. The Balaban J connectivity index is 1.91. The highest BCUT2D eigenvalue weighted by molar-refractivity contribution is 5.59. The zero-order valence-corrected chi connectivity index (χ0v) is 11.7. The predicted molar refractivity (Wildman–Crippen MR) is 84.0 cm³/mol. The van der Waals surface area contributed by atoms with Crippen LogP contribution in [-0.4, -0.2) is 0 Å². The lowest BCUT2D eigenvalue weighted by Gasteiger charge is -2.08. The summed E-state index contributed by atoms with van der Waals surface area (Å²) in [5, 5.41) is 3.45. The average Bonchev–Trinajstić information content (AvgIpc) is 2.45. The summed E-state index contributed by atoms with van der Waals surface area (Å²) in [6.45, 7) is 2.25. The first-order valence-corrected chi connectivity index (χ1v) is 7.29. The lowest BCUT2D eigenvalue weighted by atomic mass is 10.1. The fourth-order valence-corrected chi connectivity index (χ4v) is 2.25. The maximum atomic E-state index is 3.45. The molecule has 2 aromatic carbocycles. The van der Waals surface area contributed by atoms with Crippen molar-refractivity contribution < 1.29 is 0 Å². The third-order valence-corrected chi connectivity index (χ3v) is 3.31. The third-order valence-electron chi connectivity index (χ3n) is 3.31. The van der Waals surface area contributed by atoms with Crippen LogP contribution in [0.15, 0.2) is 54.6 Å². The topological polar surface area (TPSA) is 12.0 Å². The van der Waals surface area contributed by atoms with E-state index in [1.165, 1.54) is 43.4 Å². The molecule has 0 radical (unpaired) electrons. The van der Waals surface area contributed by atoms with E-state index in [0.717, 1.165) is 5.69 Å². The van der Waals surface area contributed by atoms with Gasteiger partial charge in [0.1, 0.15) is 0 Å². The van der Waals surface area contributed by atoms with E-state index < -0.39 is 0 Å². The van der Waals surface area contributed by atoms with E-state index in [9.17, 15) is 0 Å². The smallest absolute Gasteiger partial charge is 0.0386 e. The van der Waals surface area contributed by atoms with E-state index in [1.807, 2.05) is 6.07 Å². The Morgan fingerprint density at radius 3 is 2.37 bits per heavy atom. The SMILES string of the molecule is CCCCCCc1cccc(Nc2ccccc2)c1. The van der Waals surface area contributed by atoms with Gasteiger partial charge >= 0.3 is 0 Å². The Morgan fingerprint density at radius 1 is 0.789 bits per heavy atom. The largest absolute Gasteiger partial charge is 0.356 e. The molecule has 0 spiro atoms. The number of para-hydroxylation sites is 1. The van der Waals surface area contributed by atoms with Gasteiger partial charge in [0.2, 0.25) is 0 Å². The second-order valence-corrected chi connectivity index (χ2v) is 5.00. The van der Waals surface area contributed by atoms with Gasteiger partial charge in [0, 0.05) is 11.4 Å². The van der Waals surface area contributed by atoms with Crippen molar-refractivity contribution in [3.63, 3.8) is 0 Å². The first kappa shape index (κ1) is 13.7. The molecular formula is C18H23N. The number of nitrogens with one attached hydrogen (secondary N) is 1. The highest BCUT2D eigenvalue weighted by Crippen LogP contribution is 2.18. The number of rotatable bonds is 7. The molecule has 0 fully saturated rings. The zero-order chi connectivity index (χ0) is 13.3. The highest BCUT2D eigenvalue weighted by atomic mass is 14.9. The molecule has 0 unspecified atom stereocenters. The highest BCUT2D eigenvalue weighted by Gasteiger charge is 1.97. The molecule has 0 aromatic heterocycles. The molecule has 2 aromatic rings. The van der Waals surface area contributed by atoms with Crippen LogP contribution in [0.25, 0.3) is 0 Å². The molecule has 0 aliphatic rings. The fourth-order valence-electron chi connectivity index (χ4n) is 2.25. The van der Waals surface area contributed by atoms with Crippen molar-refractivity contribution in [2.24, 2.45) is 0 Å². The van der Waals surface area contributed by atoms with Crippen molar-refractivity contribution in [3.8, 4) is 0 Å². The van der Waals surface area contributed by atoms with Crippen molar-refractivity contribution in [1.82, 2.24) is 0 Å². The van der Waals surface area contributed by atoms with Gasteiger partial charge in [-0.25, -0.2) is 0 Å². The molecule has 0 atom stereocenters. The minimum Gasteiger partial charge on any atom is -0.356 e. The molecule has 0 aliphatic carbocycles. The monoisotopic (exact) mass is 253 g/mol. The van der Waals surface area contributed by atoms with E-state index >= 15 is 0 Å². The number of hydrogen-bond acceptors (Lipinski definition) is 1. The van der Waals surface area contributed by atoms with E-state index in [2.05, 4.69) is 60.8 Å².